The molecule has 1 fully saturated rings. The number of likely N-dealkylation sites (N-methyl/N-ethyl adjacent to an activating group) is 1. The number of carbonyl (C=O) groups is 1. The van der Waals surface area contributed by atoms with E-state index in [1.807, 2.05) is 31.2 Å². The molecule has 1 amide bonds. The molecular weight excluding hydrogens is 508 g/mol. The van der Waals surface area contributed by atoms with Crippen molar-refractivity contribution in [1.29, 1.82) is 0 Å². The van der Waals surface area contributed by atoms with Gasteiger partial charge in [0.15, 0.2) is 0 Å². The standard InChI is InChI=1S/C28H38N2O7S/c1-19-16-30(20(2)18-31)38(33,34)27-9-8-23(22-6-5-7-24(14-22)35-4)15-25(27)37-26(19)17-29(3)28(32)21-10-12-36-13-11-21/h5-9,14-15,19-21,26,31H,10-13,16-18H2,1-4H3/t19-,20+,26-/m0/s1. The molecule has 9 nitrogen and oxygen atoms in total. The summed E-state index contributed by atoms with van der Waals surface area (Å²) in [6.45, 7) is 4.91. The second kappa shape index (κ2) is 12.0. The van der Waals surface area contributed by atoms with Gasteiger partial charge >= 0.3 is 0 Å². The van der Waals surface area contributed by atoms with Crippen molar-refractivity contribution in [2.24, 2.45) is 11.8 Å². The molecule has 208 valence electrons. The maximum atomic E-state index is 13.8. The first-order valence-corrected chi connectivity index (χ1v) is 14.5. The van der Waals surface area contributed by atoms with Crippen molar-refractivity contribution >= 4 is 15.9 Å². The van der Waals surface area contributed by atoms with Crippen LogP contribution in [-0.4, -0.2) is 87.9 Å². The highest BCUT2D eigenvalue weighted by Gasteiger charge is 2.39. The smallest absolute Gasteiger partial charge is 0.247 e. The van der Waals surface area contributed by atoms with Gasteiger partial charge in [0, 0.05) is 44.7 Å². The van der Waals surface area contributed by atoms with E-state index in [-0.39, 0.29) is 41.5 Å². The lowest BCUT2D eigenvalue weighted by Crippen LogP contribution is -2.50. The van der Waals surface area contributed by atoms with Crippen LogP contribution >= 0.6 is 0 Å². The monoisotopic (exact) mass is 546 g/mol. The SMILES string of the molecule is COc1cccc(-c2ccc3c(c2)O[C@@H](CN(C)C(=O)C2CCOCC2)[C@@H](C)CN([C@H](C)CO)S3(=O)=O)c1. The van der Waals surface area contributed by atoms with Crippen LogP contribution < -0.4 is 9.47 Å². The lowest BCUT2D eigenvalue weighted by molar-refractivity contribution is -0.138. The molecule has 0 unspecified atom stereocenters. The number of ether oxygens (including phenoxy) is 3. The number of fused-ring (bicyclic) bond motifs is 1. The second-order valence-electron chi connectivity index (χ2n) is 10.2. The van der Waals surface area contributed by atoms with Crippen LogP contribution in [0.5, 0.6) is 11.5 Å². The molecule has 1 N–H and O–H groups in total. The molecule has 2 heterocycles. The zero-order valence-electron chi connectivity index (χ0n) is 22.5. The van der Waals surface area contributed by atoms with Crippen molar-refractivity contribution in [3.63, 3.8) is 0 Å². The molecule has 0 aliphatic carbocycles. The fraction of sp³-hybridized carbons (Fsp3) is 0.536. The molecule has 0 spiro atoms. The summed E-state index contributed by atoms with van der Waals surface area (Å²) in [4.78, 5) is 14.9. The molecule has 10 heteroatoms. The Hall–Kier alpha value is -2.66. The lowest BCUT2D eigenvalue weighted by atomic mass is 9.97. The lowest BCUT2D eigenvalue weighted by Gasteiger charge is -2.38. The largest absolute Gasteiger partial charge is 0.497 e. The Bertz CT molecular complexity index is 1230. The fourth-order valence-electron chi connectivity index (χ4n) is 5.04. The fourth-order valence-corrected chi connectivity index (χ4v) is 6.87. The normalized spacial score (nSPS) is 22.9. The highest BCUT2D eigenvalue weighted by atomic mass is 32.2. The minimum Gasteiger partial charge on any atom is -0.497 e. The van der Waals surface area contributed by atoms with E-state index < -0.39 is 22.2 Å². The molecule has 2 aliphatic rings. The number of amides is 1. The van der Waals surface area contributed by atoms with Crippen LogP contribution in [0, 0.1) is 11.8 Å². The number of nitrogens with zero attached hydrogens (tertiary/aromatic N) is 2. The Morgan fingerprint density at radius 2 is 1.89 bits per heavy atom. The quantitative estimate of drug-likeness (QED) is 0.569. The van der Waals surface area contributed by atoms with Gasteiger partial charge in [0.2, 0.25) is 15.9 Å². The van der Waals surface area contributed by atoms with Gasteiger partial charge in [-0.15, -0.1) is 0 Å². The van der Waals surface area contributed by atoms with Crippen LogP contribution in [0.15, 0.2) is 47.4 Å². The van der Waals surface area contributed by atoms with Crippen molar-refractivity contribution in [2.75, 3.05) is 47.1 Å². The maximum absolute atomic E-state index is 13.8. The van der Waals surface area contributed by atoms with Gasteiger partial charge in [0.05, 0.1) is 20.3 Å². The van der Waals surface area contributed by atoms with Gasteiger partial charge < -0.3 is 24.2 Å². The number of hydrogen-bond acceptors (Lipinski definition) is 7. The number of sulfonamides is 1. The Kier molecular flexibility index (Phi) is 8.97. The van der Waals surface area contributed by atoms with Gasteiger partial charge in [-0.3, -0.25) is 4.79 Å². The first kappa shape index (κ1) is 28.4. The Morgan fingerprint density at radius 1 is 1.18 bits per heavy atom. The van der Waals surface area contributed by atoms with E-state index in [0.29, 0.717) is 38.3 Å². The molecule has 38 heavy (non-hydrogen) atoms. The number of methoxy groups -OCH3 is 1. The van der Waals surface area contributed by atoms with Crippen molar-refractivity contribution < 1.29 is 32.5 Å². The molecule has 3 atom stereocenters. The van der Waals surface area contributed by atoms with E-state index in [2.05, 4.69) is 0 Å². The summed E-state index contributed by atoms with van der Waals surface area (Å²) in [5.41, 5.74) is 1.63. The summed E-state index contributed by atoms with van der Waals surface area (Å²) in [6.07, 6.45) is 0.917. The van der Waals surface area contributed by atoms with Crippen LogP contribution in [0.3, 0.4) is 0 Å². The Morgan fingerprint density at radius 3 is 2.58 bits per heavy atom. The molecule has 2 aromatic rings. The summed E-state index contributed by atoms with van der Waals surface area (Å²) >= 11 is 0. The topological polar surface area (TPSA) is 106 Å². The summed E-state index contributed by atoms with van der Waals surface area (Å²) in [5.74, 6) is 0.618. The summed E-state index contributed by atoms with van der Waals surface area (Å²) in [6, 6.07) is 11.9. The number of carbonyl (C=O) groups excluding carboxylic acids is 1. The number of hydrogen-bond donors (Lipinski definition) is 1. The van der Waals surface area contributed by atoms with E-state index in [1.165, 1.54) is 4.31 Å². The Balaban J connectivity index is 1.72. The van der Waals surface area contributed by atoms with E-state index in [1.54, 1.807) is 44.2 Å². The number of aliphatic hydroxyl groups excluding tert-OH is 1. The summed E-state index contributed by atoms with van der Waals surface area (Å²) < 4.78 is 46.1. The van der Waals surface area contributed by atoms with Crippen molar-refractivity contribution in [3.05, 3.63) is 42.5 Å². The third kappa shape index (κ3) is 5.98. The van der Waals surface area contributed by atoms with Crippen molar-refractivity contribution in [1.82, 2.24) is 9.21 Å². The molecule has 4 rings (SSSR count). The Labute approximate surface area is 225 Å². The van der Waals surface area contributed by atoms with Gasteiger partial charge in [-0.05, 0) is 55.2 Å². The summed E-state index contributed by atoms with van der Waals surface area (Å²) in [7, 11) is -0.592. The average Bonchev–Trinajstić information content (AvgIpc) is 2.94. The van der Waals surface area contributed by atoms with Crippen LogP contribution in [-0.2, 0) is 19.6 Å². The minimum atomic E-state index is -3.95. The van der Waals surface area contributed by atoms with E-state index in [9.17, 15) is 18.3 Å². The van der Waals surface area contributed by atoms with Crippen LogP contribution in [0.4, 0.5) is 0 Å². The predicted molar refractivity (Wildman–Crippen MR) is 144 cm³/mol. The van der Waals surface area contributed by atoms with Crippen molar-refractivity contribution in [3.8, 4) is 22.6 Å². The summed E-state index contributed by atoms with van der Waals surface area (Å²) in [5, 5.41) is 9.87. The van der Waals surface area contributed by atoms with Crippen molar-refractivity contribution in [2.45, 2.75) is 43.7 Å². The minimum absolute atomic E-state index is 0.0414. The third-order valence-corrected chi connectivity index (χ3v) is 9.49. The molecule has 1 saturated heterocycles. The van der Waals surface area contributed by atoms with Crippen LogP contribution in [0.25, 0.3) is 11.1 Å². The van der Waals surface area contributed by atoms with E-state index in [0.717, 1.165) is 11.1 Å². The van der Waals surface area contributed by atoms with Crippen LogP contribution in [0.1, 0.15) is 26.7 Å². The van der Waals surface area contributed by atoms with Gasteiger partial charge in [-0.1, -0.05) is 25.1 Å². The molecular formula is C28H38N2O7S. The molecule has 2 aromatic carbocycles. The molecule has 0 radical (unpaired) electrons. The number of benzene rings is 2. The van der Waals surface area contributed by atoms with Crippen LogP contribution in [0.2, 0.25) is 0 Å². The second-order valence-corrected chi connectivity index (χ2v) is 12.1. The highest BCUT2D eigenvalue weighted by Crippen LogP contribution is 2.37. The van der Waals surface area contributed by atoms with Gasteiger partial charge in [-0.2, -0.15) is 4.31 Å². The third-order valence-electron chi connectivity index (χ3n) is 7.47. The zero-order valence-corrected chi connectivity index (χ0v) is 23.3. The number of rotatable bonds is 7. The van der Waals surface area contributed by atoms with Gasteiger partial charge in [-0.25, -0.2) is 8.42 Å². The average molecular weight is 547 g/mol. The molecule has 0 saturated carbocycles. The molecule has 0 aromatic heterocycles. The molecule has 0 bridgehead atoms. The predicted octanol–water partition coefficient (Wildman–Crippen LogP) is 3.02. The van der Waals surface area contributed by atoms with Gasteiger partial charge in [0.1, 0.15) is 22.5 Å². The van der Waals surface area contributed by atoms with E-state index in [4.69, 9.17) is 14.2 Å². The number of aliphatic hydroxyl groups is 1. The first-order chi connectivity index (χ1) is 18.1. The highest BCUT2D eigenvalue weighted by molar-refractivity contribution is 7.89. The molecule has 2 aliphatic heterocycles. The van der Waals surface area contributed by atoms with Gasteiger partial charge in [0.25, 0.3) is 0 Å². The maximum Gasteiger partial charge on any atom is 0.247 e. The zero-order chi connectivity index (χ0) is 27.4. The first-order valence-electron chi connectivity index (χ1n) is 13.1. The van der Waals surface area contributed by atoms with E-state index >= 15 is 0 Å².